The minimum Gasteiger partial charge on any atom is -0.332 e. The molecule has 3 rings (SSSR count). The van der Waals surface area contributed by atoms with Crippen LogP contribution in [0.15, 0.2) is 47.9 Å². The van der Waals surface area contributed by atoms with Crippen molar-refractivity contribution in [3.63, 3.8) is 0 Å². The minimum atomic E-state index is -3.60. The summed E-state index contributed by atoms with van der Waals surface area (Å²) >= 11 is 0. The number of benzene rings is 1. The highest BCUT2D eigenvalue weighted by Gasteiger charge is 2.23. The van der Waals surface area contributed by atoms with E-state index < -0.39 is 10.0 Å². The molecule has 0 saturated carbocycles. The molecule has 0 unspecified atom stereocenters. The third kappa shape index (κ3) is 2.97. The molecule has 6 nitrogen and oxygen atoms in total. The van der Waals surface area contributed by atoms with E-state index in [1.165, 1.54) is 10.5 Å². The van der Waals surface area contributed by atoms with Crippen molar-refractivity contribution in [1.29, 1.82) is 0 Å². The Morgan fingerprint density at radius 1 is 1.22 bits per heavy atom. The van der Waals surface area contributed by atoms with Crippen molar-refractivity contribution in [2.75, 3.05) is 7.05 Å². The number of hydrogen-bond acceptors (Lipinski definition) is 4. The summed E-state index contributed by atoms with van der Waals surface area (Å²) < 4.78 is 26.6. The molecular formula is C16H18N4O2S. The zero-order valence-corrected chi connectivity index (χ0v) is 13.8. The molecular weight excluding hydrogens is 312 g/mol. The third-order valence-corrected chi connectivity index (χ3v) is 5.51. The van der Waals surface area contributed by atoms with E-state index in [-0.39, 0.29) is 11.6 Å². The second kappa shape index (κ2) is 6.10. The number of pyridine rings is 1. The maximum atomic E-state index is 12.6. The lowest BCUT2D eigenvalue weighted by Gasteiger charge is -2.17. The van der Waals surface area contributed by atoms with Crippen LogP contribution in [0.3, 0.4) is 0 Å². The number of sulfonamides is 1. The molecule has 1 aromatic carbocycles. The number of aryl methyl sites for hydroxylation is 1. The molecule has 0 fully saturated rings. The normalized spacial score (nSPS) is 12.1. The lowest BCUT2D eigenvalue weighted by atomic mass is 10.1. The highest BCUT2D eigenvalue weighted by atomic mass is 32.2. The van der Waals surface area contributed by atoms with Crippen LogP contribution in [-0.4, -0.2) is 34.7 Å². The van der Waals surface area contributed by atoms with Gasteiger partial charge in [-0.25, -0.2) is 13.4 Å². The van der Waals surface area contributed by atoms with Crippen molar-refractivity contribution < 1.29 is 8.42 Å². The van der Waals surface area contributed by atoms with E-state index in [0.717, 1.165) is 16.3 Å². The summed E-state index contributed by atoms with van der Waals surface area (Å²) in [6.45, 7) is 2.20. The molecule has 120 valence electrons. The molecule has 3 aromatic rings. The summed E-state index contributed by atoms with van der Waals surface area (Å²) in [6.07, 6.45) is 5.52. The van der Waals surface area contributed by atoms with Gasteiger partial charge in [-0.3, -0.25) is 4.98 Å². The van der Waals surface area contributed by atoms with Crippen LogP contribution >= 0.6 is 0 Å². The molecule has 0 aliphatic carbocycles. The summed E-state index contributed by atoms with van der Waals surface area (Å²) in [7, 11) is -2.02. The number of hydrogen-bond donors (Lipinski definition) is 1. The standard InChI is InChI=1S/C16H18N4O2S/c1-3-15-18-10-16(19-15)23(21,22)20(2)11-13-6-4-5-12-9-17-8-7-14(12)13/h4-10H,3,11H2,1-2H3,(H,18,19). The topological polar surface area (TPSA) is 79.0 Å². The van der Waals surface area contributed by atoms with Gasteiger partial charge in [-0.2, -0.15) is 4.31 Å². The fourth-order valence-corrected chi connectivity index (χ4v) is 3.55. The Kier molecular flexibility index (Phi) is 4.14. The molecule has 0 radical (unpaired) electrons. The van der Waals surface area contributed by atoms with Gasteiger partial charge in [0.25, 0.3) is 10.0 Å². The van der Waals surface area contributed by atoms with E-state index in [9.17, 15) is 8.42 Å². The van der Waals surface area contributed by atoms with E-state index in [1.54, 1.807) is 19.4 Å². The van der Waals surface area contributed by atoms with Gasteiger partial charge in [0.05, 0.1) is 6.20 Å². The van der Waals surface area contributed by atoms with Gasteiger partial charge in [0.2, 0.25) is 0 Å². The number of fused-ring (bicyclic) bond motifs is 1. The van der Waals surface area contributed by atoms with Crippen LogP contribution in [0.25, 0.3) is 10.8 Å². The zero-order chi connectivity index (χ0) is 16.4. The second-order valence-electron chi connectivity index (χ2n) is 5.32. The van der Waals surface area contributed by atoms with Gasteiger partial charge in [-0.1, -0.05) is 25.1 Å². The molecule has 1 N–H and O–H groups in total. The predicted molar refractivity (Wildman–Crippen MR) is 88.4 cm³/mol. The zero-order valence-electron chi connectivity index (χ0n) is 13.0. The third-order valence-electron chi connectivity index (χ3n) is 3.79. The van der Waals surface area contributed by atoms with Crippen LogP contribution < -0.4 is 0 Å². The van der Waals surface area contributed by atoms with E-state index in [1.807, 2.05) is 31.2 Å². The van der Waals surface area contributed by atoms with Crippen molar-refractivity contribution in [2.45, 2.75) is 24.9 Å². The Hall–Kier alpha value is -2.25. The van der Waals surface area contributed by atoms with Gasteiger partial charge < -0.3 is 4.98 Å². The minimum absolute atomic E-state index is 0.124. The first kappa shape index (κ1) is 15.6. The fraction of sp³-hybridized carbons (Fsp3) is 0.250. The largest absolute Gasteiger partial charge is 0.332 e. The van der Waals surface area contributed by atoms with E-state index in [2.05, 4.69) is 15.0 Å². The summed E-state index contributed by atoms with van der Waals surface area (Å²) in [4.78, 5) is 11.0. The number of H-pyrrole nitrogens is 1. The van der Waals surface area contributed by atoms with Crippen LogP contribution in [0.2, 0.25) is 0 Å². The first-order valence-corrected chi connectivity index (χ1v) is 8.78. The number of nitrogens with one attached hydrogen (secondary N) is 1. The smallest absolute Gasteiger partial charge is 0.260 e. The van der Waals surface area contributed by atoms with Crippen LogP contribution in [0.4, 0.5) is 0 Å². The highest BCUT2D eigenvalue weighted by Crippen LogP contribution is 2.21. The lowest BCUT2D eigenvalue weighted by molar-refractivity contribution is 0.465. The van der Waals surface area contributed by atoms with Gasteiger partial charge in [0.1, 0.15) is 5.82 Å². The lowest BCUT2D eigenvalue weighted by Crippen LogP contribution is -2.27. The summed E-state index contributed by atoms with van der Waals surface area (Å²) in [5.74, 6) is 0.660. The van der Waals surface area contributed by atoms with Gasteiger partial charge in [0, 0.05) is 37.8 Å². The number of nitrogens with zero attached hydrogens (tertiary/aromatic N) is 3. The SMILES string of the molecule is CCc1ncc(S(=O)(=O)N(C)Cc2cccc3cnccc23)[nH]1. The van der Waals surface area contributed by atoms with Crippen molar-refractivity contribution in [3.8, 4) is 0 Å². The van der Waals surface area contributed by atoms with Crippen molar-refractivity contribution in [2.24, 2.45) is 0 Å². The van der Waals surface area contributed by atoms with Gasteiger partial charge >= 0.3 is 0 Å². The number of rotatable bonds is 5. The van der Waals surface area contributed by atoms with Crippen LogP contribution in [-0.2, 0) is 23.0 Å². The first-order chi connectivity index (χ1) is 11.0. The molecule has 0 bridgehead atoms. The summed E-state index contributed by atoms with van der Waals surface area (Å²) in [5, 5.41) is 2.12. The molecule has 2 heterocycles. The molecule has 23 heavy (non-hydrogen) atoms. The van der Waals surface area contributed by atoms with Crippen LogP contribution in [0.5, 0.6) is 0 Å². The maximum Gasteiger partial charge on any atom is 0.260 e. The number of aromatic amines is 1. The monoisotopic (exact) mass is 330 g/mol. The van der Waals surface area contributed by atoms with E-state index >= 15 is 0 Å². The first-order valence-electron chi connectivity index (χ1n) is 7.34. The fourth-order valence-electron chi connectivity index (χ4n) is 2.47. The van der Waals surface area contributed by atoms with Gasteiger partial charge in [-0.05, 0) is 17.0 Å². The summed E-state index contributed by atoms with van der Waals surface area (Å²) in [5.41, 5.74) is 0.936. The van der Waals surface area contributed by atoms with Crippen molar-refractivity contribution in [3.05, 3.63) is 54.2 Å². The molecule has 0 aliphatic rings. The Morgan fingerprint density at radius 3 is 2.78 bits per heavy atom. The molecule has 0 atom stereocenters. The van der Waals surface area contributed by atoms with Gasteiger partial charge in [0.15, 0.2) is 5.03 Å². The van der Waals surface area contributed by atoms with E-state index in [4.69, 9.17) is 0 Å². The Morgan fingerprint density at radius 2 is 2.04 bits per heavy atom. The summed E-state index contributed by atoms with van der Waals surface area (Å²) in [6, 6.07) is 7.70. The highest BCUT2D eigenvalue weighted by molar-refractivity contribution is 7.89. The molecule has 0 spiro atoms. The van der Waals surface area contributed by atoms with Gasteiger partial charge in [-0.15, -0.1) is 0 Å². The second-order valence-corrected chi connectivity index (χ2v) is 7.34. The Bertz CT molecular complexity index is 929. The molecule has 2 aromatic heterocycles. The average Bonchev–Trinajstić information content (AvgIpc) is 3.05. The average molecular weight is 330 g/mol. The Balaban J connectivity index is 1.92. The maximum absolute atomic E-state index is 12.6. The molecule has 0 amide bonds. The van der Waals surface area contributed by atoms with E-state index in [0.29, 0.717) is 12.2 Å². The molecule has 7 heteroatoms. The number of imidazole rings is 1. The van der Waals surface area contributed by atoms with Crippen molar-refractivity contribution in [1.82, 2.24) is 19.3 Å². The number of aromatic nitrogens is 3. The molecule has 0 aliphatic heterocycles. The van der Waals surface area contributed by atoms with Crippen LogP contribution in [0.1, 0.15) is 18.3 Å². The predicted octanol–water partition coefficient (Wildman–Crippen LogP) is 2.34. The molecule has 0 saturated heterocycles. The quantitative estimate of drug-likeness (QED) is 0.779. The van der Waals surface area contributed by atoms with Crippen molar-refractivity contribution >= 4 is 20.8 Å². The van der Waals surface area contributed by atoms with Crippen LogP contribution in [0, 0.1) is 0 Å². The Labute approximate surface area is 135 Å².